The number of carboxylic acids is 1. The van der Waals surface area contributed by atoms with E-state index in [4.69, 9.17) is 11.6 Å². The molecule has 20 heavy (non-hydrogen) atoms. The lowest BCUT2D eigenvalue weighted by molar-refractivity contribution is -0.384. The molecule has 0 radical (unpaired) electrons. The third-order valence-corrected chi connectivity index (χ3v) is 3.80. The fraction of sp³-hybridized carbons (Fsp3) is 0.462. The largest absolute Gasteiger partial charge is 0.480 e. The number of anilines is 1. The first kappa shape index (κ1) is 14.6. The molecular weight excluding hydrogens is 284 g/mol. The lowest BCUT2D eigenvalue weighted by Gasteiger charge is -2.28. The number of hydrogen-bond acceptors (Lipinski definition) is 4. The number of carboxylic acid groups (broad SMARTS) is 1. The van der Waals surface area contributed by atoms with Crippen molar-refractivity contribution in [3.63, 3.8) is 0 Å². The van der Waals surface area contributed by atoms with E-state index < -0.39 is 16.9 Å². The van der Waals surface area contributed by atoms with Crippen LogP contribution in [-0.4, -0.2) is 28.6 Å². The molecule has 1 aliphatic rings. The van der Waals surface area contributed by atoms with Crippen LogP contribution in [-0.2, 0) is 4.79 Å². The van der Waals surface area contributed by atoms with Gasteiger partial charge in [-0.2, -0.15) is 0 Å². The van der Waals surface area contributed by atoms with E-state index in [1.807, 2.05) is 0 Å². The highest BCUT2D eigenvalue weighted by Crippen LogP contribution is 2.37. The van der Waals surface area contributed by atoms with E-state index in [0.29, 0.717) is 13.0 Å². The molecule has 108 valence electrons. The highest BCUT2D eigenvalue weighted by molar-refractivity contribution is 6.33. The zero-order valence-corrected chi connectivity index (χ0v) is 11.5. The molecule has 1 N–H and O–H groups in total. The van der Waals surface area contributed by atoms with Crippen LogP contribution in [0.5, 0.6) is 0 Å². The molecule has 7 heteroatoms. The molecule has 1 unspecified atom stereocenters. The van der Waals surface area contributed by atoms with Crippen molar-refractivity contribution in [1.82, 2.24) is 0 Å². The average Bonchev–Trinajstić information content (AvgIpc) is 2.63. The minimum Gasteiger partial charge on any atom is -0.480 e. The van der Waals surface area contributed by atoms with Crippen LogP contribution in [0.3, 0.4) is 0 Å². The lowest BCUT2D eigenvalue weighted by Crippen LogP contribution is -2.41. The molecule has 0 saturated carbocycles. The van der Waals surface area contributed by atoms with Crippen molar-refractivity contribution in [2.24, 2.45) is 0 Å². The molecule has 1 aliphatic heterocycles. The summed E-state index contributed by atoms with van der Waals surface area (Å²) in [6, 6.07) is 3.87. The summed E-state index contributed by atoms with van der Waals surface area (Å²) >= 11 is 5.90. The Labute approximate surface area is 121 Å². The molecule has 0 aliphatic carbocycles. The monoisotopic (exact) mass is 298 g/mol. The Balaban J connectivity index is 2.49. The Hall–Kier alpha value is -1.82. The third kappa shape index (κ3) is 2.85. The number of para-hydroxylation sites is 1. The van der Waals surface area contributed by atoms with Crippen LogP contribution in [0.2, 0.25) is 5.02 Å². The molecule has 0 aromatic heterocycles. The molecule has 6 nitrogen and oxygen atoms in total. The van der Waals surface area contributed by atoms with Crippen LogP contribution in [0.15, 0.2) is 18.2 Å². The second-order valence-corrected chi connectivity index (χ2v) is 5.17. The Kier molecular flexibility index (Phi) is 4.44. The summed E-state index contributed by atoms with van der Waals surface area (Å²) in [5.74, 6) is -0.957. The number of aliphatic carboxylic acids is 1. The number of benzene rings is 1. The summed E-state index contributed by atoms with van der Waals surface area (Å²) in [6.07, 6.45) is 3.03. The van der Waals surface area contributed by atoms with Gasteiger partial charge in [0.1, 0.15) is 16.8 Å². The van der Waals surface area contributed by atoms with Gasteiger partial charge in [-0.15, -0.1) is 0 Å². The van der Waals surface area contributed by atoms with Crippen LogP contribution in [0, 0.1) is 10.1 Å². The highest BCUT2D eigenvalue weighted by Gasteiger charge is 2.32. The zero-order chi connectivity index (χ0) is 14.7. The maximum atomic E-state index is 11.4. The minimum atomic E-state index is -0.957. The van der Waals surface area contributed by atoms with Crippen molar-refractivity contribution in [1.29, 1.82) is 0 Å². The number of halogens is 1. The van der Waals surface area contributed by atoms with E-state index in [0.717, 1.165) is 19.3 Å². The van der Waals surface area contributed by atoms with Crippen molar-refractivity contribution in [2.75, 3.05) is 11.4 Å². The first-order valence-electron chi connectivity index (χ1n) is 6.44. The van der Waals surface area contributed by atoms with Gasteiger partial charge in [0.2, 0.25) is 0 Å². The second-order valence-electron chi connectivity index (χ2n) is 4.76. The summed E-state index contributed by atoms with van der Waals surface area (Å²) in [7, 11) is 0. The van der Waals surface area contributed by atoms with E-state index in [2.05, 4.69) is 0 Å². The van der Waals surface area contributed by atoms with E-state index in [9.17, 15) is 20.0 Å². The summed E-state index contributed by atoms with van der Waals surface area (Å²) in [5.41, 5.74) is 0.0686. The summed E-state index contributed by atoms with van der Waals surface area (Å²) in [5, 5.41) is 20.6. The topological polar surface area (TPSA) is 83.7 Å². The van der Waals surface area contributed by atoms with Gasteiger partial charge in [-0.05, 0) is 25.0 Å². The smallest absolute Gasteiger partial charge is 0.326 e. The molecule has 1 atom stereocenters. The quantitative estimate of drug-likeness (QED) is 0.685. The molecule has 1 heterocycles. The molecule has 0 spiro atoms. The molecule has 1 saturated heterocycles. The number of nitro benzene ring substituents is 1. The Morgan fingerprint density at radius 2 is 2.15 bits per heavy atom. The SMILES string of the molecule is O=C(O)C1CCCCCN1c1cccc(Cl)c1[N+](=O)[O-]. The van der Waals surface area contributed by atoms with Crippen molar-refractivity contribution in [3.8, 4) is 0 Å². The van der Waals surface area contributed by atoms with Crippen LogP contribution < -0.4 is 4.90 Å². The molecular formula is C13H15ClN2O4. The van der Waals surface area contributed by atoms with E-state index in [1.54, 1.807) is 17.0 Å². The number of carbonyl (C=O) groups is 1. The number of hydrogen-bond donors (Lipinski definition) is 1. The van der Waals surface area contributed by atoms with E-state index in [-0.39, 0.29) is 16.4 Å². The van der Waals surface area contributed by atoms with Crippen LogP contribution in [0.4, 0.5) is 11.4 Å². The standard InChI is InChI=1S/C13H15ClN2O4/c14-9-5-4-7-10(12(9)16(19)20)15-8-3-1-2-6-11(15)13(17)18/h4-5,7,11H,1-3,6,8H2,(H,17,18). The molecule has 1 aromatic rings. The molecule has 0 amide bonds. The van der Waals surface area contributed by atoms with Gasteiger partial charge >= 0.3 is 11.7 Å². The van der Waals surface area contributed by atoms with Crippen molar-refractivity contribution in [3.05, 3.63) is 33.3 Å². The maximum absolute atomic E-state index is 11.4. The predicted molar refractivity (Wildman–Crippen MR) is 75.3 cm³/mol. The normalized spacial score (nSPS) is 19.4. The number of nitro groups is 1. The number of nitrogens with zero attached hydrogens (tertiary/aromatic N) is 2. The van der Waals surface area contributed by atoms with E-state index in [1.165, 1.54) is 6.07 Å². The summed E-state index contributed by atoms with van der Waals surface area (Å²) < 4.78 is 0. The first-order valence-corrected chi connectivity index (χ1v) is 6.82. The summed E-state index contributed by atoms with van der Waals surface area (Å²) in [6.45, 7) is 0.484. The Morgan fingerprint density at radius 3 is 2.80 bits per heavy atom. The highest BCUT2D eigenvalue weighted by atomic mass is 35.5. The van der Waals surface area contributed by atoms with Gasteiger partial charge in [-0.25, -0.2) is 4.79 Å². The van der Waals surface area contributed by atoms with Gasteiger partial charge in [0.25, 0.3) is 0 Å². The molecule has 1 fully saturated rings. The first-order chi connectivity index (χ1) is 9.52. The summed E-state index contributed by atoms with van der Waals surface area (Å²) in [4.78, 5) is 23.6. The van der Waals surface area contributed by atoms with Crippen molar-refractivity contribution < 1.29 is 14.8 Å². The van der Waals surface area contributed by atoms with E-state index >= 15 is 0 Å². The second kappa shape index (κ2) is 6.09. The predicted octanol–water partition coefficient (Wildman–Crippen LogP) is 3.08. The molecule has 2 rings (SSSR count). The fourth-order valence-electron chi connectivity index (χ4n) is 2.57. The maximum Gasteiger partial charge on any atom is 0.326 e. The molecule has 1 aromatic carbocycles. The van der Waals surface area contributed by atoms with Gasteiger partial charge in [0.05, 0.1) is 4.92 Å². The zero-order valence-electron chi connectivity index (χ0n) is 10.8. The third-order valence-electron chi connectivity index (χ3n) is 3.50. The van der Waals surface area contributed by atoms with Gasteiger partial charge < -0.3 is 10.0 Å². The van der Waals surface area contributed by atoms with Crippen LogP contribution >= 0.6 is 11.6 Å². The minimum absolute atomic E-state index is 0.0286. The number of rotatable bonds is 3. The molecule has 0 bridgehead atoms. The van der Waals surface area contributed by atoms with Crippen LogP contribution in [0.25, 0.3) is 0 Å². The fourth-order valence-corrected chi connectivity index (χ4v) is 2.81. The van der Waals surface area contributed by atoms with Crippen molar-refractivity contribution in [2.45, 2.75) is 31.7 Å². The Morgan fingerprint density at radius 1 is 1.40 bits per heavy atom. The van der Waals surface area contributed by atoms with Gasteiger partial charge in [-0.1, -0.05) is 30.5 Å². The average molecular weight is 299 g/mol. The van der Waals surface area contributed by atoms with Crippen LogP contribution in [0.1, 0.15) is 25.7 Å². The lowest BCUT2D eigenvalue weighted by atomic mass is 10.1. The van der Waals surface area contributed by atoms with Gasteiger partial charge in [-0.3, -0.25) is 10.1 Å². The van der Waals surface area contributed by atoms with Crippen molar-refractivity contribution >= 4 is 28.9 Å². The van der Waals surface area contributed by atoms with Gasteiger partial charge in [0, 0.05) is 6.54 Å². The van der Waals surface area contributed by atoms with Gasteiger partial charge in [0.15, 0.2) is 0 Å². The Bertz CT molecular complexity index is 535.